The minimum atomic E-state index is -1.53. The molecule has 1 atom stereocenters. The number of imidazole rings is 1. The van der Waals surface area contributed by atoms with Gasteiger partial charge in [0.25, 0.3) is 0 Å². The van der Waals surface area contributed by atoms with Crippen LogP contribution >= 0.6 is 0 Å². The molecular formula is C16H13F3N4O. The number of benzene rings is 1. The number of hydrogen-bond acceptors (Lipinski definition) is 4. The molecule has 3 aromatic rings. The quantitative estimate of drug-likeness (QED) is 0.728. The maximum atomic E-state index is 13.6. The Hall–Kier alpha value is -2.64. The number of fused-ring (bicyclic) bond motifs is 1. The van der Waals surface area contributed by atoms with Crippen molar-refractivity contribution in [2.75, 3.05) is 0 Å². The second kappa shape index (κ2) is 5.47. The summed E-state index contributed by atoms with van der Waals surface area (Å²) in [7, 11) is 0. The first-order valence-corrected chi connectivity index (χ1v) is 7.54. The summed E-state index contributed by atoms with van der Waals surface area (Å²) in [5, 5.41) is 7.51. The highest BCUT2D eigenvalue weighted by atomic mass is 19.2. The number of nitrogens with zero attached hydrogens (tertiary/aromatic N) is 4. The first-order valence-electron chi connectivity index (χ1n) is 7.54. The fourth-order valence-corrected chi connectivity index (χ4v) is 2.69. The fourth-order valence-electron chi connectivity index (χ4n) is 2.69. The predicted octanol–water partition coefficient (Wildman–Crippen LogP) is 3.80. The normalized spacial score (nSPS) is 15.7. The van der Waals surface area contributed by atoms with Crippen LogP contribution in [0, 0.1) is 11.6 Å². The molecule has 0 saturated heterocycles. The van der Waals surface area contributed by atoms with Crippen molar-refractivity contribution in [3.05, 3.63) is 36.0 Å². The van der Waals surface area contributed by atoms with Crippen molar-refractivity contribution >= 4 is 11.0 Å². The number of aromatic nitrogens is 4. The third-order valence-corrected chi connectivity index (χ3v) is 3.82. The molecule has 0 spiro atoms. The highest BCUT2D eigenvalue weighted by Gasteiger charge is 2.29. The van der Waals surface area contributed by atoms with Gasteiger partial charge in [-0.3, -0.25) is 0 Å². The Balaban J connectivity index is 1.88. The molecule has 0 aliphatic heterocycles. The molecule has 0 radical (unpaired) electrons. The molecule has 5 nitrogen and oxygen atoms in total. The van der Waals surface area contributed by atoms with Crippen LogP contribution in [0.5, 0.6) is 5.88 Å². The molecule has 2 aromatic heterocycles. The van der Waals surface area contributed by atoms with Crippen molar-refractivity contribution in [2.24, 2.45) is 0 Å². The van der Waals surface area contributed by atoms with E-state index >= 15 is 0 Å². The van der Waals surface area contributed by atoms with Gasteiger partial charge in [-0.2, -0.15) is 5.10 Å². The third-order valence-electron chi connectivity index (χ3n) is 3.82. The van der Waals surface area contributed by atoms with Gasteiger partial charge in [0.15, 0.2) is 11.6 Å². The van der Waals surface area contributed by atoms with Gasteiger partial charge in [0.05, 0.1) is 17.2 Å². The molecule has 24 heavy (non-hydrogen) atoms. The Bertz CT molecular complexity index is 921. The van der Waals surface area contributed by atoms with E-state index in [1.165, 1.54) is 19.2 Å². The van der Waals surface area contributed by atoms with Crippen LogP contribution in [-0.2, 0) is 0 Å². The molecule has 1 aliphatic carbocycles. The van der Waals surface area contributed by atoms with E-state index in [0.717, 1.165) is 25.0 Å². The Labute approximate surface area is 135 Å². The smallest absolute Gasteiger partial charge is 0.237 e. The van der Waals surface area contributed by atoms with Gasteiger partial charge in [0.1, 0.15) is 5.82 Å². The van der Waals surface area contributed by atoms with Crippen LogP contribution in [-0.4, -0.2) is 26.1 Å². The predicted molar refractivity (Wildman–Crippen MR) is 80.1 cm³/mol. The first-order chi connectivity index (χ1) is 11.5. The lowest BCUT2D eigenvalue weighted by atomic mass is 10.2. The Morgan fingerprint density at radius 2 is 1.96 bits per heavy atom. The monoisotopic (exact) mass is 334 g/mol. The summed E-state index contributed by atoms with van der Waals surface area (Å²) in [4.78, 5) is 4.41. The van der Waals surface area contributed by atoms with Gasteiger partial charge in [-0.1, -0.05) is 0 Å². The highest BCUT2D eigenvalue weighted by Crippen LogP contribution is 2.41. The SMILES string of the molecule is CC(F)Oc1cc(-c2nc3cc(F)c(F)cc3n2C2CC2)cnn1. The van der Waals surface area contributed by atoms with E-state index in [9.17, 15) is 13.2 Å². The van der Waals surface area contributed by atoms with Crippen molar-refractivity contribution in [3.8, 4) is 17.3 Å². The third kappa shape index (κ3) is 2.57. The summed E-state index contributed by atoms with van der Waals surface area (Å²) in [5.74, 6) is -1.34. The average Bonchev–Trinajstić information content (AvgIpc) is 3.30. The van der Waals surface area contributed by atoms with Gasteiger partial charge >= 0.3 is 0 Å². The lowest BCUT2D eigenvalue weighted by Gasteiger charge is -2.09. The molecule has 8 heteroatoms. The maximum absolute atomic E-state index is 13.6. The molecule has 124 valence electrons. The van der Waals surface area contributed by atoms with Crippen LogP contribution in [0.15, 0.2) is 24.4 Å². The van der Waals surface area contributed by atoms with Crippen LogP contribution in [0.4, 0.5) is 13.2 Å². The van der Waals surface area contributed by atoms with Crippen LogP contribution in [0.2, 0.25) is 0 Å². The molecule has 2 heterocycles. The van der Waals surface area contributed by atoms with Gasteiger partial charge in [-0.15, -0.1) is 5.10 Å². The van der Waals surface area contributed by atoms with Crippen molar-refractivity contribution in [1.29, 1.82) is 0 Å². The van der Waals surface area contributed by atoms with Gasteiger partial charge < -0.3 is 9.30 Å². The molecule has 1 aliphatic rings. The minimum absolute atomic E-state index is 0.0225. The van der Waals surface area contributed by atoms with Crippen molar-refractivity contribution < 1.29 is 17.9 Å². The Kier molecular flexibility index (Phi) is 3.40. The zero-order chi connectivity index (χ0) is 16.8. The molecule has 0 N–H and O–H groups in total. The summed E-state index contributed by atoms with van der Waals surface area (Å²) in [6, 6.07) is 3.90. The van der Waals surface area contributed by atoms with Gasteiger partial charge in [0, 0.05) is 36.7 Å². The Morgan fingerprint density at radius 1 is 1.21 bits per heavy atom. The van der Waals surface area contributed by atoms with Crippen LogP contribution < -0.4 is 4.74 Å². The first kappa shape index (κ1) is 14.9. The van der Waals surface area contributed by atoms with E-state index in [1.54, 1.807) is 0 Å². The molecule has 4 rings (SSSR count). The minimum Gasteiger partial charge on any atom is -0.442 e. The number of ether oxygens (including phenoxy) is 1. The van der Waals surface area contributed by atoms with Crippen LogP contribution in [0.1, 0.15) is 25.8 Å². The molecular weight excluding hydrogens is 321 g/mol. The number of halogens is 3. The van der Waals surface area contributed by atoms with Crippen LogP contribution in [0.25, 0.3) is 22.4 Å². The second-order valence-electron chi connectivity index (χ2n) is 5.73. The Morgan fingerprint density at radius 3 is 2.67 bits per heavy atom. The van der Waals surface area contributed by atoms with E-state index in [1.807, 2.05) is 4.57 Å². The lowest BCUT2D eigenvalue weighted by molar-refractivity contribution is 0.0799. The zero-order valence-corrected chi connectivity index (χ0v) is 12.7. The summed E-state index contributed by atoms with van der Waals surface area (Å²) in [5.41, 5.74) is 1.42. The topological polar surface area (TPSA) is 52.8 Å². The fraction of sp³-hybridized carbons (Fsp3) is 0.312. The zero-order valence-electron chi connectivity index (χ0n) is 12.7. The van der Waals surface area contributed by atoms with E-state index in [-0.39, 0.29) is 11.9 Å². The summed E-state index contributed by atoms with van der Waals surface area (Å²) in [6.45, 7) is 1.24. The standard InChI is InChI=1S/C16H13F3N4O/c1-8(17)24-15-4-9(7-20-22-15)16-21-13-5-11(18)12(19)6-14(13)23(16)10-2-3-10/h4-8,10H,2-3H2,1H3. The lowest BCUT2D eigenvalue weighted by Crippen LogP contribution is -2.06. The van der Waals surface area contributed by atoms with E-state index in [4.69, 9.17) is 4.74 Å². The van der Waals surface area contributed by atoms with Crippen molar-refractivity contribution in [1.82, 2.24) is 19.7 Å². The number of rotatable bonds is 4. The van der Waals surface area contributed by atoms with E-state index < -0.39 is 18.0 Å². The van der Waals surface area contributed by atoms with Gasteiger partial charge in [-0.05, 0) is 12.8 Å². The summed E-state index contributed by atoms with van der Waals surface area (Å²) >= 11 is 0. The second-order valence-corrected chi connectivity index (χ2v) is 5.73. The molecule has 1 saturated carbocycles. The highest BCUT2D eigenvalue weighted by molar-refractivity contribution is 5.81. The van der Waals surface area contributed by atoms with Crippen LogP contribution in [0.3, 0.4) is 0 Å². The molecule has 0 amide bonds. The largest absolute Gasteiger partial charge is 0.442 e. The molecule has 1 fully saturated rings. The maximum Gasteiger partial charge on any atom is 0.237 e. The average molecular weight is 334 g/mol. The van der Waals surface area contributed by atoms with Crippen molar-refractivity contribution in [3.63, 3.8) is 0 Å². The molecule has 1 aromatic carbocycles. The summed E-state index contributed by atoms with van der Waals surface area (Å²) in [6.07, 6.45) is 1.80. The van der Waals surface area contributed by atoms with Gasteiger partial charge in [-0.25, -0.2) is 18.2 Å². The van der Waals surface area contributed by atoms with E-state index in [0.29, 0.717) is 22.4 Å². The number of hydrogen-bond donors (Lipinski definition) is 0. The van der Waals surface area contributed by atoms with E-state index in [2.05, 4.69) is 15.2 Å². The molecule has 0 bridgehead atoms. The van der Waals surface area contributed by atoms with Crippen molar-refractivity contribution in [2.45, 2.75) is 32.2 Å². The summed E-state index contributed by atoms with van der Waals surface area (Å²) < 4.78 is 46.9. The molecule has 1 unspecified atom stereocenters. The number of alkyl halides is 1. The van der Waals surface area contributed by atoms with Gasteiger partial charge in [0.2, 0.25) is 12.2 Å².